The van der Waals surface area contributed by atoms with Crippen LogP contribution in [0.2, 0.25) is 0 Å². The summed E-state index contributed by atoms with van der Waals surface area (Å²) in [7, 11) is 1.20. The van der Waals surface area contributed by atoms with Gasteiger partial charge in [0.15, 0.2) is 6.61 Å². The number of esters is 1. The molecule has 0 fully saturated rings. The van der Waals surface area contributed by atoms with E-state index in [9.17, 15) is 23.6 Å². The van der Waals surface area contributed by atoms with Crippen molar-refractivity contribution in [1.82, 2.24) is 5.32 Å². The van der Waals surface area contributed by atoms with E-state index in [-0.39, 0.29) is 12.0 Å². The van der Waals surface area contributed by atoms with E-state index in [2.05, 4.69) is 26.0 Å². The van der Waals surface area contributed by atoms with Gasteiger partial charge in [0.2, 0.25) is 5.78 Å². The van der Waals surface area contributed by atoms with Crippen LogP contribution in [-0.4, -0.2) is 49.6 Å². The molecule has 4 rings (SSSR count). The van der Waals surface area contributed by atoms with E-state index < -0.39 is 48.3 Å². The number of halogens is 2. The van der Waals surface area contributed by atoms with E-state index in [1.807, 2.05) is 18.2 Å². The summed E-state index contributed by atoms with van der Waals surface area (Å²) in [6.07, 6.45) is 0.312. The van der Waals surface area contributed by atoms with Gasteiger partial charge in [0.25, 0.3) is 5.91 Å². The number of para-hydroxylation sites is 1. The minimum Gasteiger partial charge on any atom is -0.456 e. The Balaban J connectivity index is 1.54. The number of methoxy groups -OCH3 is 1. The molecule has 2 aromatic rings. The first-order valence-electron chi connectivity index (χ1n) is 10.2. The lowest BCUT2D eigenvalue weighted by Crippen LogP contribution is -2.52. The molecule has 0 unspecified atom stereocenters. The molecule has 0 bridgehead atoms. The van der Waals surface area contributed by atoms with Gasteiger partial charge in [0.05, 0.1) is 18.4 Å². The zero-order valence-electron chi connectivity index (χ0n) is 17.6. The first kappa shape index (κ1) is 22.9. The maximum Gasteiger partial charge on any atom is 0.407 e. The number of nitrogens with one attached hydrogen (secondary N) is 1. The molecule has 33 heavy (non-hydrogen) atoms. The first-order valence-corrected chi connectivity index (χ1v) is 11.0. The molecule has 0 aliphatic carbocycles. The quantitative estimate of drug-likeness (QED) is 0.482. The zero-order valence-corrected chi connectivity index (χ0v) is 19.2. The molecule has 2 aromatic carbocycles. The van der Waals surface area contributed by atoms with Crippen LogP contribution in [0.5, 0.6) is 0 Å². The van der Waals surface area contributed by atoms with Gasteiger partial charge in [0.1, 0.15) is 17.9 Å². The Morgan fingerprint density at radius 2 is 1.97 bits per heavy atom. The summed E-state index contributed by atoms with van der Waals surface area (Å²) in [4.78, 5) is 51.7. The van der Waals surface area contributed by atoms with Gasteiger partial charge in [0, 0.05) is 10.9 Å². The van der Waals surface area contributed by atoms with E-state index in [0.717, 1.165) is 17.2 Å². The molecular weight excluding hydrogens is 499 g/mol. The number of aryl methyl sites for hydroxylation is 1. The van der Waals surface area contributed by atoms with Gasteiger partial charge >= 0.3 is 12.1 Å². The molecule has 0 aromatic heterocycles. The normalized spacial score (nSPS) is 18.9. The monoisotopic (exact) mass is 518 g/mol. The number of hydrogen-bond donors (Lipinski definition) is 1. The van der Waals surface area contributed by atoms with Crippen molar-refractivity contribution in [1.29, 1.82) is 0 Å². The molecule has 0 radical (unpaired) electrons. The van der Waals surface area contributed by atoms with E-state index in [1.165, 1.54) is 24.1 Å². The fraction of sp³-hybridized carbons (Fsp3) is 0.304. The molecule has 0 spiro atoms. The molecular formula is C23H20BrFN2O6. The Bertz CT molecular complexity index is 1150. The number of ketones is 1. The highest BCUT2D eigenvalue weighted by molar-refractivity contribution is 9.10. The number of ether oxygens (including phenoxy) is 2. The van der Waals surface area contributed by atoms with Gasteiger partial charge in [-0.25, -0.2) is 14.0 Å². The lowest BCUT2D eigenvalue weighted by molar-refractivity contribution is -0.145. The van der Waals surface area contributed by atoms with Crippen LogP contribution in [0, 0.1) is 5.82 Å². The van der Waals surface area contributed by atoms with E-state index in [0.29, 0.717) is 23.0 Å². The number of Topliss-reactive ketones (excluding diaryl/α,β-unsaturated/α-hetero) is 1. The van der Waals surface area contributed by atoms with Crippen LogP contribution in [0.4, 0.5) is 14.9 Å². The van der Waals surface area contributed by atoms with Gasteiger partial charge in [-0.05, 0) is 42.2 Å². The van der Waals surface area contributed by atoms with Crippen LogP contribution < -0.4 is 10.2 Å². The van der Waals surface area contributed by atoms with E-state index in [1.54, 1.807) is 0 Å². The fourth-order valence-corrected chi connectivity index (χ4v) is 4.51. The summed E-state index contributed by atoms with van der Waals surface area (Å²) in [5, 5.41) is 2.52. The average molecular weight is 519 g/mol. The van der Waals surface area contributed by atoms with E-state index in [4.69, 9.17) is 4.74 Å². The minimum atomic E-state index is -1.00. The van der Waals surface area contributed by atoms with Crippen LogP contribution in [0.25, 0.3) is 0 Å². The van der Waals surface area contributed by atoms with Crippen LogP contribution >= 0.6 is 15.9 Å². The molecule has 2 amide bonds. The Hall–Kier alpha value is -3.27. The van der Waals surface area contributed by atoms with Gasteiger partial charge in [-0.1, -0.05) is 34.1 Å². The molecule has 2 atom stereocenters. The molecule has 2 aliphatic rings. The number of carbonyl (C=O) groups excluding carboxylic acids is 4. The van der Waals surface area contributed by atoms with Gasteiger partial charge in [-0.15, -0.1) is 0 Å². The van der Waals surface area contributed by atoms with Crippen molar-refractivity contribution in [3.63, 3.8) is 0 Å². The lowest BCUT2D eigenvalue weighted by Gasteiger charge is -2.27. The van der Waals surface area contributed by atoms with Crippen LogP contribution in [-0.2, 0) is 31.9 Å². The van der Waals surface area contributed by atoms with Gasteiger partial charge in [-0.3, -0.25) is 14.5 Å². The van der Waals surface area contributed by atoms with Gasteiger partial charge in [-0.2, -0.15) is 0 Å². The maximum atomic E-state index is 14.1. The van der Waals surface area contributed by atoms with E-state index >= 15 is 0 Å². The van der Waals surface area contributed by atoms with Crippen LogP contribution in [0.1, 0.15) is 27.9 Å². The van der Waals surface area contributed by atoms with Crippen LogP contribution in [0.3, 0.4) is 0 Å². The lowest BCUT2D eigenvalue weighted by atomic mass is 10.0. The molecule has 2 aliphatic heterocycles. The molecule has 172 valence electrons. The Labute approximate surface area is 197 Å². The average Bonchev–Trinajstić information content (AvgIpc) is 3.13. The second-order valence-corrected chi connectivity index (χ2v) is 8.65. The van der Waals surface area contributed by atoms with Crippen molar-refractivity contribution < 1.29 is 33.0 Å². The minimum absolute atomic E-state index is 0.198. The topological polar surface area (TPSA) is 102 Å². The summed E-state index contributed by atoms with van der Waals surface area (Å²) in [5.41, 5.74) is 2.10. The number of amides is 2. The van der Waals surface area contributed by atoms with Crippen molar-refractivity contribution >= 4 is 45.4 Å². The third kappa shape index (κ3) is 4.47. The standard InChI is InChI=1S/C23H20BrFN2O6/c1-32-23(31)26-17-8-5-12-3-2-4-13-9-18(27(20(12)13)21(17)29)22(30)33-11-19(28)15-7-6-14(24)10-16(15)25/h2-4,6-7,10,17-18H,5,8-9,11H2,1H3,(H,26,31)/t17-,18-/m0/s1. The zero-order chi connectivity index (χ0) is 23.7. The molecule has 1 N–H and O–H groups in total. The van der Waals surface area contributed by atoms with Gasteiger partial charge < -0.3 is 14.8 Å². The number of benzene rings is 2. The Morgan fingerprint density at radius 1 is 1.21 bits per heavy atom. The fourth-order valence-electron chi connectivity index (χ4n) is 4.18. The smallest absolute Gasteiger partial charge is 0.407 e. The Kier molecular flexibility index (Phi) is 6.46. The van der Waals surface area contributed by atoms with Crippen LogP contribution in [0.15, 0.2) is 40.9 Å². The number of hydrogen-bond acceptors (Lipinski definition) is 6. The Morgan fingerprint density at radius 3 is 2.70 bits per heavy atom. The predicted molar refractivity (Wildman–Crippen MR) is 118 cm³/mol. The summed E-state index contributed by atoms with van der Waals surface area (Å²) in [6, 6.07) is 7.61. The summed E-state index contributed by atoms with van der Waals surface area (Å²) < 4.78 is 24.4. The maximum absolute atomic E-state index is 14.1. The molecule has 0 saturated carbocycles. The molecule has 0 saturated heterocycles. The number of alkyl carbamates (subject to hydrolysis) is 1. The highest BCUT2D eigenvalue weighted by atomic mass is 79.9. The second kappa shape index (κ2) is 9.30. The highest BCUT2D eigenvalue weighted by Gasteiger charge is 2.44. The van der Waals surface area contributed by atoms with Crippen molar-refractivity contribution in [3.05, 3.63) is 63.4 Å². The molecule has 10 heteroatoms. The summed E-state index contributed by atoms with van der Waals surface area (Å²) in [6.45, 7) is -0.664. The number of nitrogens with zero attached hydrogens (tertiary/aromatic N) is 1. The summed E-state index contributed by atoms with van der Waals surface area (Å²) in [5.74, 6) is -2.67. The highest BCUT2D eigenvalue weighted by Crippen LogP contribution is 2.39. The van der Waals surface area contributed by atoms with Crippen molar-refractivity contribution in [2.45, 2.75) is 31.3 Å². The van der Waals surface area contributed by atoms with Crippen molar-refractivity contribution in [2.75, 3.05) is 18.6 Å². The van der Waals surface area contributed by atoms with Crippen molar-refractivity contribution in [2.24, 2.45) is 0 Å². The SMILES string of the molecule is COC(=O)N[C@H]1CCc2cccc3c2N(C1=O)[C@H](C(=O)OCC(=O)c1ccc(Br)cc1F)C3. The summed E-state index contributed by atoms with van der Waals surface area (Å²) >= 11 is 3.12. The molecule has 2 heterocycles. The third-order valence-electron chi connectivity index (χ3n) is 5.73. The number of rotatable bonds is 5. The first-order chi connectivity index (χ1) is 15.8. The third-order valence-corrected chi connectivity index (χ3v) is 6.23. The largest absolute Gasteiger partial charge is 0.456 e. The van der Waals surface area contributed by atoms with Crippen molar-refractivity contribution in [3.8, 4) is 0 Å². The number of anilines is 1. The predicted octanol–water partition coefficient (Wildman–Crippen LogP) is 2.94. The second-order valence-electron chi connectivity index (χ2n) is 7.74. The molecule has 8 nitrogen and oxygen atoms in total. The number of carbonyl (C=O) groups is 4.